The molecule has 0 unspecified atom stereocenters. The van der Waals surface area contributed by atoms with E-state index in [9.17, 15) is 10.1 Å². The number of aryl methyl sites for hydroxylation is 1. The Morgan fingerprint density at radius 2 is 1.92 bits per heavy atom. The monoisotopic (exact) mass is 336 g/mol. The summed E-state index contributed by atoms with van der Waals surface area (Å²) in [6, 6.07) is 11.8. The van der Waals surface area contributed by atoms with E-state index in [4.69, 9.17) is 4.74 Å². The maximum absolute atomic E-state index is 12.6. The third-order valence-corrected chi connectivity index (χ3v) is 4.29. The molecule has 1 saturated heterocycles. The number of nitriles is 1. The number of nitrogens with zero attached hydrogens (tertiary/aromatic N) is 4. The molecule has 0 atom stereocenters. The second-order valence-corrected chi connectivity index (χ2v) is 5.91. The van der Waals surface area contributed by atoms with Crippen LogP contribution in [0.25, 0.3) is 11.8 Å². The molecular formula is C19H20N4O2. The van der Waals surface area contributed by atoms with Gasteiger partial charge in [0.1, 0.15) is 11.6 Å². The number of hydrogen-bond acceptors (Lipinski definition) is 4. The summed E-state index contributed by atoms with van der Waals surface area (Å²) < 4.78 is 7.09. The van der Waals surface area contributed by atoms with E-state index < -0.39 is 0 Å². The number of rotatable bonds is 3. The van der Waals surface area contributed by atoms with Crippen molar-refractivity contribution in [1.82, 2.24) is 14.7 Å². The average molecular weight is 336 g/mol. The zero-order valence-corrected chi connectivity index (χ0v) is 14.4. The second kappa shape index (κ2) is 7.32. The Labute approximate surface area is 146 Å². The molecule has 0 N–H and O–H groups in total. The molecule has 1 aliphatic heterocycles. The van der Waals surface area contributed by atoms with Crippen LogP contribution in [0.1, 0.15) is 17.0 Å². The molecule has 2 heterocycles. The van der Waals surface area contributed by atoms with E-state index in [2.05, 4.69) is 5.10 Å². The van der Waals surface area contributed by atoms with Crippen molar-refractivity contribution in [2.75, 3.05) is 26.3 Å². The Bertz CT molecular complexity index is 840. The fourth-order valence-electron chi connectivity index (χ4n) is 2.91. The van der Waals surface area contributed by atoms with E-state index in [1.54, 1.807) is 11.0 Å². The molecule has 1 aromatic carbocycles. The highest BCUT2D eigenvalue weighted by Crippen LogP contribution is 2.21. The molecule has 0 saturated carbocycles. The Hall–Kier alpha value is -2.91. The summed E-state index contributed by atoms with van der Waals surface area (Å²) in [5.74, 6) is -0.253. The Morgan fingerprint density at radius 3 is 2.56 bits per heavy atom. The zero-order chi connectivity index (χ0) is 17.8. The lowest BCUT2D eigenvalue weighted by atomic mass is 10.1. The van der Waals surface area contributed by atoms with Gasteiger partial charge < -0.3 is 9.64 Å². The van der Waals surface area contributed by atoms with E-state index in [1.165, 1.54) is 0 Å². The third-order valence-electron chi connectivity index (χ3n) is 4.29. The topological polar surface area (TPSA) is 71.2 Å². The summed E-state index contributed by atoms with van der Waals surface area (Å²) in [4.78, 5) is 14.2. The second-order valence-electron chi connectivity index (χ2n) is 5.91. The van der Waals surface area contributed by atoms with Gasteiger partial charge in [0.25, 0.3) is 5.91 Å². The highest BCUT2D eigenvalue weighted by Gasteiger charge is 2.22. The molecule has 128 valence electrons. The first-order valence-electron chi connectivity index (χ1n) is 8.22. The van der Waals surface area contributed by atoms with Crippen LogP contribution in [0.4, 0.5) is 0 Å². The molecule has 25 heavy (non-hydrogen) atoms. The fraction of sp³-hybridized carbons (Fsp3) is 0.316. The van der Waals surface area contributed by atoms with Crippen LogP contribution in [0, 0.1) is 25.2 Å². The molecule has 0 bridgehead atoms. The number of aromatic nitrogens is 2. The van der Waals surface area contributed by atoms with Gasteiger partial charge in [0.15, 0.2) is 0 Å². The first-order chi connectivity index (χ1) is 12.1. The number of para-hydroxylation sites is 1. The number of hydrogen-bond donors (Lipinski definition) is 0. The number of carbonyl (C=O) groups is 1. The Balaban J connectivity index is 1.95. The van der Waals surface area contributed by atoms with Gasteiger partial charge in [0, 0.05) is 24.3 Å². The van der Waals surface area contributed by atoms with Gasteiger partial charge in [-0.05, 0) is 32.1 Å². The van der Waals surface area contributed by atoms with Crippen molar-refractivity contribution < 1.29 is 9.53 Å². The Kier molecular flexibility index (Phi) is 4.96. The maximum Gasteiger partial charge on any atom is 0.264 e. The van der Waals surface area contributed by atoms with Gasteiger partial charge >= 0.3 is 0 Å². The first kappa shape index (κ1) is 16.9. The molecule has 1 amide bonds. The molecule has 1 aliphatic rings. The van der Waals surface area contributed by atoms with Crippen molar-refractivity contribution in [3.63, 3.8) is 0 Å². The highest BCUT2D eigenvalue weighted by atomic mass is 16.5. The molecule has 6 heteroatoms. The predicted octanol–water partition coefficient (Wildman–Crippen LogP) is 2.25. The third kappa shape index (κ3) is 3.47. The summed E-state index contributed by atoms with van der Waals surface area (Å²) in [6.07, 6.45) is 1.65. The lowest BCUT2D eigenvalue weighted by molar-refractivity contribution is -0.130. The number of benzene rings is 1. The van der Waals surface area contributed by atoms with E-state index in [0.29, 0.717) is 26.3 Å². The quantitative estimate of drug-likeness (QED) is 0.637. The minimum atomic E-state index is -0.253. The minimum absolute atomic E-state index is 0.126. The van der Waals surface area contributed by atoms with Gasteiger partial charge in [0.2, 0.25) is 0 Å². The van der Waals surface area contributed by atoms with Gasteiger partial charge in [-0.3, -0.25) is 4.79 Å². The summed E-state index contributed by atoms with van der Waals surface area (Å²) in [5.41, 5.74) is 3.55. The van der Waals surface area contributed by atoms with Gasteiger partial charge in [-0.1, -0.05) is 18.2 Å². The molecule has 1 aromatic heterocycles. The molecule has 3 rings (SSSR count). The van der Waals surface area contributed by atoms with E-state index in [1.807, 2.05) is 54.9 Å². The average Bonchev–Trinajstić information content (AvgIpc) is 2.94. The molecule has 6 nitrogen and oxygen atoms in total. The van der Waals surface area contributed by atoms with Gasteiger partial charge in [-0.15, -0.1) is 0 Å². The van der Waals surface area contributed by atoms with Crippen LogP contribution in [-0.2, 0) is 9.53 Å². The van der Waals surface area contributed by atoms with Crippen molar-refractivity contribution in [3.8, 4) is 11.8 Å². The van der Waals surface area contributed by atoms with Crippen LogP contribution in [0.3, 0.4) is 0 Å². The smallest absolute Gasteiger partial charge is 0.264 e. The first-order valence-corrected chi connectivity index (χ1v) is 8.22. The molecule has 0 spiro atoms. The number of ether oxygens (including phenoxy) is 1. The van der Waals surface area contributed by atoms with Gasteiger partial charge in [0.05, 0.1) is 24.6 Å². The molecule has 2 aromatic rings. The normalized spacial score (nSPS) is 15.1. The molecule has 0 aliphatic carbocycles. The van der Waals surface area contributed by atoms with Crippen molar-refractivity contribution in [3.05, 3.63) is 52.9 Å². The Morgan fingerprint density at radius 1 is 1.24 bits per heavy atom. The predicted molar refractivity (Wildman–Crippen MR) is 94.0 cm³/mol. The van der Waals surface area contributed by atoms with Crippen LogP contribution >= 0.6 is 0 Å². The largest absolute Gasteiger partial charge is 0.378 e. The maximum atomic E-state index is 12.6. The molecule has 0 radical (unpaired) electrons. The molecular weight excluding hydrogens is 316 g/mol. The summed E-state index contributed by atoms with van der Waals surface area (Å²) >= 11 is 0. The summed E-state index contributed by atoms with van der Waals surface area (Å²) in [7, 11) is 0. The highest BCUT2D eigenvalue weighted by molar-refractivity contribution is 6.02. The number of amides is 1. The summed E-state index contributed by atoms with van der Waals surface area (Å²) in [6.45, 7) is 5.86. The minimum Gasteiger partial charge on any atom is -0.378 e. The van der Waals surface area contributed by atoms with Crippen molar-refractivity contribution >= 4 is 12.0 Å². The fourth-order valence-corrected chi connectivity index (χ4v) is 2.91. The van der Waals surface area contributed by atoms with Crippen LogP contribution in [-0.4, -0.2) is 46.9 Å². The van der Waals surface area contributed by atoms with Crippen LogP contribution in [0.2, 0.25) is 0 Å². The van der Waals surface area contributed by atoms with Gasteiger partial charge in [-0.25, -0.2) is 4.68 Å². The van der Waals surface area contributed by atoms with E-state index in [-0.39, 0.29) is 11.5 Å². The van der Waals surface area contributed by atoms with E-state index >= 15 is 0 Å². The van der Waals surface area contributed by atoms with Crippen LogP contribution in [0.15, 0.2) is 35.9 Å². The van der Waals surface area contributed by atoms with Crippen LogP contribution in [0.5, 0.6) is 0 Å². The number of morpholine rings is 1. The molecule has 1 fully saturated rings. The zero-order valence-electron chi connectivity index (χ0n) is 14.4. The lowest BCUT2D eigenvalue weighted by Crippen LogP contribution is -2.41. The standard InChI is InChI=1S/C19H20N4O2/c1-14-18(15(2)23(21-14)17-6-4-3-5-7-17)12-16(13-20)19(24)22-8-10-25-11-9-22/h3-7,12H,8-11H2,1-2H3/b16-12-. The summed E-state index contributed by atoms with van der Waals surface area (Å²) in [5, 5.41) is 14.0. The number of carbonyl (C=O) groups excluding carboxylic acids is 1. The SMILES string of the molecule is Cc1nn(-c2ccccc2)c(C)c1/C=C(/C#N)C(=O)N1CCOCC1. The van der Waals surface area contributed by atoms with Crippen molar-refractivity contribution in [1.29, 1.82) is 5.26 Å². The lowest BCUT2D eigenvalue weighted by Gasteiger charge is -2.26. The van der Waals surface area contributed by atoms with Crippen molar-refractivity contribution in [2.24, 2.45) is 0 Å². The van der Waals surface area contributed by atoms with Crippen molar-refractivity contribution in [2.45, 2.75) is 13.8 Å². The van der Waals surface area contributed by atoms with Gasteiger partial charge in [-0.2, -0.15) is 10.4 Å². The van der Waals surface area contributed by atoms with E-state index in [0.717, 1.165) is 22.6 Å². The van der Waals surface area contributed by atoms with Crippen LogP contribution < -0.4 is 0 Å².